The highest BCUT2D eigenvalue weighted by molar-refractivity contribution is 5.91. The van der Waals surface area contributed by atoms with E-state index in [0.717, 1.165) is 17.7 Å². The van der Waals surface area contributed by atoms with Gasteiger partial charge in [0.1, 0.15) is 12.2 Å². The van der Waals surface area contributed by atoms with E-state index < -0.39 is 0 Å². The Morgan fingerprint density at radius 3 is 2.96 bits per heavy atom. The molecule has 0 unspecified atom stereocenters. The largest absolute Gasteiger partial charge is 0.483 e. The lowest BCUT2D eigenvalue weighted by Crippen LogP contribution is -2.24. The highest BCUT2D eigenvalue weighted by atomic mass is 16.5. The van der Waals surface area contributed by atoms with Gasteiger partial charge in [-0.15, -0.1) is 0 Å². The highest BCUT2D eigenvalue weighted by Crippen LogP contribution is 2.41. The molecule has 24 heavy (non-hydrogen) atoms. The van der Waals surface area contributed by atoms with Crippen LogP contribution in [0.15, 0.2) is 41.0 Å². The maximum atomic E-state index is 11.6. The van der Waals surface area contributed by atoms with Crippen LogP contribution >= 0.6 is 0 Å². The number of hydrogen-bond acceptors (Lipinski definition) is 4. The second kappa shape index (κ2) is 6.71. The predicted octanol–water partition coefficient (Wildman–Crippen LogP) is 2.81. The number of rotatable bonds is 4. The number of ether oxygens (including phenoxy) is 2. The summed E-state index contributed by atoms with van der Waals surface area (Å²) >= 11 is 0. The fraction of sp³-hybridized carbons (Fsp3) is 0.316. The van der Waals surface area contributed by atoms with Crippen LogP contribution in [0.1, 0.15) is 30.0 Å². The summed E-state index contributed by atoms with van der Waals surface area (Å²) in [5.41, 5.74) is 0.944. The van der Waals surface area contributed by atoms with Crippen molar-refractivity contribution in [3.63, 3.8) is 0 Å². The molecule has 1 aromatic carbocycles. The fourth-order valence-electron chi connectivity index (χ4n) is 2.55. The van der Waals surface area contributed by atoms with E-state index in [9.17, 15) is 4.79 Å². The second-order valence-electron chi connectivity index (χ2n) is 6.09. The molecule has 3 rings (SSSR count). The molecule has 0 radical (unpaired) electrons. The van der Waals surface area contributed by atoms with Crippen molar-refractivity contribution < 1.29 is 18.7 Å². The van der Waals surface area contributed by atoms with Crippen LogP contribution < -0.4 is 14.8 Å². The number of carbonyl (C=O) groups is 1. The van der Waals surface area contributed by atoms with Gasteiger partial charge in [-0.3, -0.25) is 4.79 Å². The van der Waals surface area contributed by atoms with Gasteiger partial charge in [0, 0.05) is 12.0 Å². The Bertz CT molecular complexity index is 781. The lowest BCUT2D eigenvalue weighted by atomic mass is 10.0. The zero-order valence-corrected chi connectivity index (χ0v) is 13.7. The van der Waals surface area contributed by atoms with E-state index in [4.69, 9.17) is 13.9 Å². The lowest BCUT2D eigenvalue weighted by molar-refractivity contribution is 0.0931. The van der Waals surface area contributed by atoms with E-state index in [1.165, 1.54) is 6.26 Å². The number of furan rings is 1. The fourth-order valence-corrected chi connectivity index (χ4v) is 2.55. The molecule has 0 aliphatic carbocycles. The minimum absolute atomic E-state index is 0.205. The summed E-state index contributed by atoms with van der Waals surface area (Å²) in [5.74, 6) is 7.20. The topological polar surface area (TPSA) is 60.7 Å². The SMILES string of the molecule is CC1(C)Cc2cccc(OCC#CCNC(=O)c3ccco3)c2O1. The van der Waals surface area contributed by atoms with Gasteiger partial charge in [0.2, 0.25) is 0 Å². The molecule has 1 aromatic heterocycles. The molecule has 1 N–H and O–H groups in total. The van der Waals surface area contributed by atoms with E-state index in [2.05, 4.69) is 31.0 Å². The number of hydrogen-bond donors (Lipinski definition) is 1. The van der Waals surface area contributed by atoms with Gasteiger partial charge >= 0.3 is 0 Å². The molecule has 0 bridgehead atoms. The van der Waals surface area contributed by atoms with Gasteiger partial charge in [-0.2, -0.15) is 0 Å². The van der Waals surface area contributed by atoms with E-state index in [-0.39, 0.29) is 30.4 Å². The molecule has 1 aliphatic heterocycles. The first-order valence-electron chi connectivity index (χ1n) is 7.76. The Kier molecular flexibility index (Phi) is 4.48. The van der Waals surface area contributed by atoms with E-state index in [0.29, 0.717) is 5.75 Å². The third-order valence-corrected chi connectivity index (χ3v) is 3.56. The molecule has 1 amide bonds. The molecular weight excluding hydrogens is 306 g/mol. The third-order valence-electron chi connectivity index (χ3n) is 3.56. The van der Waals surface area contributed by atoms with Crippen LogP contribution in [-0.4, -0.2) is 24.7 Å². The number of para-hydroxylation sites is 1. The molecule has 0 atom stereocenters. The first kappa shape index (κ1) is 16.0. The van der Waals surface area contributed by atoms with Crippen molar-refractivity contribution in [1.82, 2.24) is 5.32 Å². The average Bonchev–Trinajstić information content (AvgIpc) is 3.16. The Balaban J connectivity index is 1.48. The number of fused-ring (bicyclic) bond motifs is 1. The first-order valence-corrected chi connectivity index (χ1v) is 7.76. The molecule has 0 saturated heterocycles. The molecule has 124 valence electrons. The summed E-state index contributed by atoms with van der Waals surface area (Å²) in [6, 6.07) is 9.14. The molecule has 5 heteroatoms. The minimum Gasteiger partial charge on any atom is -0.483 e. The normalized spacial score (nSPS) is 14.1. The first-order chi connectivity index (χ1) is 11.6. The number of carbonyl (C=O) groups excluding carboxylic acids is 1. The summed E-state index contributed by atoms with van der Waals surface area (Å²) in [6.07, 6.45) is 2.32. The van der Waals surface area contributed by atoms with Crippen molar-refractivity contribution in [2.24, 2.45) is 0 Å². The van der Waals surface area contributed by atoms with Crippen molar-refractivity contribution in [1.29, 1.82) is 0 Å². The summed E-state index contributed by atoms with van der Waals surface area (Å²) in [5, 5.41) is 2.65. The number of benzene rings is 1. The zero-order valence-electron chi connectivity index (χ0n) is 13.7. The number of nitrogens with one attached hydrogen (secondary N) is 1. The van der Waals surface area contributed by atoms with Gasteiger partial charge in [-0.1, -0.05) is 24.0 Å². The van der Waals surface area contributed by atoms with Crippen LogP contribution in [0, 0.1) is 11.8 Å². The van der Waals surface area contributed by atoms with Crippen LogP contribution in [-0.2, 0) is 6.42 Å². The molecule has 5 nitrogen and oxygen atoms in total. The quantitative estimate of drug-likeness (QED) is 0.878. The second-order valence-corrected chi connectivity index (χ2v) is 6.09. The molecule has 2 heterocycles. The predicted molar refractivity (Wildman–Crippen MR) is 89.2 cm³/mol. The number of amides is 1. The van der Waals surface area contributed by atoms with Gasteiger partial charge in [-0.25, -0.2) is 0 Å². The van der Waals surface area contributed by atoms with E-state index in [1.807, 2.05) is 18.2 Å². The van der Waals surface area contributed by atoms with Gasteiger partial charge in [0.25, 0.3) is 5.91 Å². The molecule has 0 spiro atoms. The smallest absolute Gasteiger partial charge is 0.287 e. The van der Waals surface area contributed by atoms with Crippen LogP contribution in [0.25, 0.3) is 0 Å². The molecular formula is C19H19NO4. The van der Waals surface area contributed by atoms with Crippen molar-refractivity contribution in [3.8, 4) is 23.3 Å². The van der Waals surface area contributed by atoms with Crippen LogP contribution in [0.2, 0.25) is 0 Å². The van der Waals surface area contributed by atoms with Crippen LogP contribution in [0.3, 0.4) is 0 Å². The van der Waals surface area contributed by atoms with Crippen molar-refractivity contribution >= 4 is 5.91 Å². The van der Waals surface area contributed by atoms with E-state index in [1.54, 1.807) is 12.1 Å². The molecule has 0 saturated carbocycles. The van der Waals surface area contributed by atoms with E-state index >= 15 is 0 Å². The van der Waals surface area contributed by atoms with Crippen molar-refractivity contribution in [2.45, 2.75) is 25.9 Å². The van der Waals surface area contributed by atoms with Gasteiger partial charge in [0.05, 0.1) is 12.8 Å². The van der Waals surface area contributed by atoms with Crippen LogP contribution in [0.4, 0.5) is 0 Å². The Labute approximate surface area is 140 Å². The standard InChI is InChI=1S/C19H19NO4/c1-19(2)13-14-7-5-8-15(17(14)24-19)22-11-4-3-10-20-18(21)16-9-6-12-23-16/h5-9,12H,10-11,13H2,1-2H3,(H,20,21). The Hall–Kier alpha value is -2.87. The van der Waals surface area contributed by atoms with Crippen molar-refractivity contribution in [2.75, 3.05) is 13.2 Å². The van der Waals surface area contributed by atoms with Crippen molar-refractivity contribution in [3.05, 3.63) is 47.9 Å². The molecule has 1 aliphatic rings. The minimum atomic E-state index is -0.285. The maximum absolute atomic E-state index is 11.6. The summed E-state index contributed by atoms with van der Waals surface area (Å²) in [7, 11) is 0. The van der Waals surface area contributed by atoms with Gasteiger partial charge < -0.3 is 19.2 Å². The molecule has 0 fully saturated rings. The Morgan fingerprint density at radius 1 is 1.29 bits per heavy atom. The molecule has 2 aromatic rings. The lowest BCUT2D eigenvalue weighted by Gasteiger charge is -2.17. The summed E-state index contributed by atoms with van der Waals surface area (Å²) < 4.78 is 16.6. The zero-order chi connectivity index (χ0) is 17.0. The average molecular weight is 325 g/mol. The summed E-state index contributed by atoms with van der Waals surface area (Å²) in [4.78, 5) is 11.6. The highest BCUT2D eigenvalue weighted by Gasteiger charge is 2.32. The van der Waals surface area contributed by atoms with Crippen LogP contribution in [0.5, 0.6) is 11.5 Å². The van der Waals surface area contributed by atoms with Gasteiger partial charge in [-0.05, 0) is 32.0 Å². The van der Waals surface area contributed by atoms with Gasteiger partial charge in [0.15, 0.2) is 17.3 Å². The Morgan fingerprint density at radius 2 is 2.17 bits per heavy atom. The monoisotopic (exact) mass is 325 g/mol. The third kappa shape index (κ3) is 3.72. The maximum Gasteiger partial charge on any atom is 0.287 e. The summed E-state index contributed by atoms with van der Waals surface area (Å²) in [6.45, 7) is 4.58.